The number of carbonyl (C=O) groups excluding carboxylic acids is 1. The Morgan fingerprint density at radius 2 is 1.92 bits per heavy atom. The number of amides is 1. The molecule has 4 aromatic heterocycles. The number of thiazole rings is 1. The van der Waals surface area contributed by atoms with Crippen molar-refractivity contribution in [1.82, 2.24) is 4.98 Å². The molecule has 0 fully saturated rings. The summed E-state index contributed by atoms with van der Waals surface area (Å²) in [7, 11) is 0. The predicted molar refractivity (Wildman–Crippen MR) is 98.8 cm³/mol. The summed E-state index contributed by atoms with van der Waals surface area (Å²) in [6.07, 6.45) is 4.35. The molecule has 4 rings (SSSR count). The summed E-state index contributed by atoms with van der Waals surface area (Å²) in [5.41, 5.74) is 1.84. The number of rotatable bonds is 6. The number of nitrogens with zero attached hydrogens (tertiary/aromatic N) is 1. The van der Waals surface area contributed by atoms with Gasteiger partial charge in [0.15, 0.2) is 10.9 Å². The topological polar surface area (TPSA) is 68.3 Å². The average Bonchev–Trinajstić information content (AvgIpc) is 3.40. The lowest BCUT2D eigenvalue weighted by Gasteiger charge is -2.00. The first kappa shape index (κ1) is 15.9. The van der Waals surface area contributed by atoms with Gasteiger partial charge in [-0.15, -0.1) is 0 Å². The Hall–Kier alpha value is -2.64. The van der Waals surface area contributed by atoms with Gasteiger partial charge in [-0.3, -0.25) is 4.79 Å². The molecule has 1 amide bonds. The lowest BCUT2D eigenvalue weighted by molar-refractivity contribution is -0.116. The highest BCUT2D eigenvalue weighted by Crippen LogP contribution is 2.39. The van der Waals surface area contributed by atoms with Gasteiger partial charge in [-0.1, -0.05) is 11.3 Å². The average molecular weight is 370 g/mol. The van der Waals surface area contributed by atoms with Crippen LogP contribution in [0, 0.1) is 0 Å². The van der Waals surface area contributed by atoms with E-state index in [2.05, 4.69) is 15.7 Å². The van der Waals surface area contributed by atoms with Crippen molar-refractivity contribution in [3.8, 4) is 22.1 Å². The van der Waals surface area contributed by atoms with Crippen LogP contribution in [0.4, 0.5) is 5.13 Å². The standard InChI is InChI=1S/C18H14N2O3S2/c21-15(6-5-12-7-10-24-11-12)19-18-20-16(13-3-1-8-22-13)17(25-18)14-4-2-9-23-14/h1-4,7-11H,5-6H2,(H,19,20,21). The van der Waals surface area contributed by atoms with Crippen molar-refractivity contribution in [2.75, 3.05) is 5.32 Å². The fraction of sp³-hybridized carbons (Fsp3) is 0.111. The van der Waals surface area contributed by atoms with Crippen LogP contribution in [0.2, 0.25) is 0 Å². The molecule has 0 spiro atoms. The highest BCUT2D eigenvalue weighted by atomic mass is 32.1. The summed E-state index contributed by atoms with van der Waals surface area (Å²) in [5.74, 6) is 1.28. The molecular formula is C18H14N2O3S2. The number of aromatic nitrogens is 1. The lowest BCUT2D eigenvalue weighted by atomic mass is 10.2. The fourth-order valence-corrected chi connectivity index (χ4v) is 4.06. The number of anilines is 1. The number of nitrogens with one attached hydrogen (secondary N) is 1. The zero-order chi connectivity index (χ0) is 17.1. The molecule has 0 aromatic carbocycles. The van der Waals surface area contributed by atoms with Crippen LogP contribution in [0.25, 0.3) is 22.1 Å². The SMILES string of the molecule is O=C(CCc1ccsc1)Nc1nc(-c2ccco2)c(-c2ccco2)s1. The molecule has 0 aliphatic rings. The number of carbonyl (C=O) groups is 1. The Morgan fingerprint density at radius 1 is 1.12 bits per heavy atom. The van der Waals surface area contributed by atoms with Gasteiger partial charge in [0.25, 0.3) is 0 Å². The zero-order valence-electron chi connectivity index (χ0n) is 13.1. The Balaban J connectivity index is 1.54. The van der Waals surface area contributed by atoms with Gasteiger partial charge in [-0.2, -0.15) is 11.3 Å². The first-order chi connectivity index (χ1) is 12.3. The molecule has 4 aromatic rings. The number of hydrogen-bond acceptors (Lipinski definition) is 6. The van der Waals surface area contributed by atoms with Crippen molar-refractivity contribution < 1.29 is 13.6 Å². The normalized spacial score (nSPS) is 10.9. The van der Waals surface area contributed by atoms with Crippen LogP contribution in [0.5, 0.6) is 0 Å². The summed E-state index contributed by atoms with van der Waals surface area (Å²) in [5, 5.41) is 7.48. The minimum absolute atomic E-state index is 0.0584. The Labute approximate surface area is 151 Å². The van der Waals surface area contributed by atoms with E-state index in [0.29, 0.717) is 28.8 Å². The number of furan rings is 2. The van der Waals surface area contributed by atoms with Gasteiger partial charge in [-0.25, -0.2) is 4.98 Å². The molecular weight excluding hydrogens is 356 g/mol. The maximum atomic E-state index is 12.2. The Morgan fingerprint density at radius 3 is 2.60 bits per heavy atom. The molecule has 5 nitrogen and oxygen atoms in total. The van der Waals surface area contributed by atoms with Gasteiger partial charge in [-0.05, 0) is 53.1 Å². The van der Waals surface area contributed by atoms with Crippen molar-refractivity contribution >= 4 is 33.7 Å². The molecule has 0 aliphatic heterocycles. The summed E-state index contributed by atoms with van der Waals surface area (Å²) in [6, 6.07) is 9.36. The van der Waals surface area contributed by atoms with E-state index in [4.69, 9.17) is 8.83 Å². The molecule has 1 N–H and O–H groups in total. The second kappa shape index (κ2) is 7.08. The highest BCUT2D eigenvalue weighted by Gasteiger charge is 2.19. The van der Waals surface area contributed by atoms with Gasteiger partial charge in [0, 0.05) is 6.42 Å². The van der Waals surface area contributed by atoms with Crippen molar-refractivity contribution in [2.45, 2.75) is 12.8 Å². The van der Waals surface area contributed by atoms with E-state index in [1.807, 2.05) is 29.6 Å². The maximum Gasteiger partial charge on any atom is 0.226 e. The lowest BCUT2D eigenvalue weighted by Crippen LogP contribution is -2.11. The molecule has 126 valence electrons. The Bertz CT molecular complexity index is 887. The molecule has 0 saturated heterocycles. The number of thiophene rings is 1. The third kappa shape index (κ3) is 3.57. The molecule has 0 atom stereocenters. The van der Waals surface area contributed by atoms with Crippen LogP contribution < -0.4 is 5.32 Å². The third-order valence-electron chi connectivity index (χ3n) is 3.59. The third-order valence-corrected chi connectivity index (χ3v) is 5.31. The van der Waals surface area contributed by atoms with E-state index in [1.165, 1.54) is 16.9 Å². The first-order valence-electron chi connectivity index (χ1n) is 7.69. The first-order valence-corrected chi connectivity index (χ1v) is 9.45. The molecule has 0 saturated carbocycles. The van der Waals surface area contributed by atoms with E-state index >= 15 is 0 Å². The van der Waals surface area contributed by atoms with Crippen molar-refractivity contribution in [2.24, 2.45) is 0 Å². The van der Waals surface area contributed by atoms with Crippen LogP contribution in [0.15, 0.2) is 62.5 Å². The predicted octanol–water partition coefficient (Wildman–Crippen LogP) is 5.30. The molecule has 0 radical (unpaired) electrons. The fourth-order valence-electron chi connectivity index (χ4n) is 2.40. The van der Waals surface area contributed by atoms with Crippen LogP contribution in [-0.2, 0) is 11.2 Å². The van der Waals surface area contributed by atoms with Crippen LogP contribution in [0.3, 0.4) is 0 Å². The smallest absolute Gasteiger partial charge is 0.226 e. The second-order valence-electron chi connectivity index (χ2n) is 5.33. The molecule has 4 heterocycles. The monoisotopic (exact) mass is 370 g/mol. The highest BCUT2D eigenvalue weighted by molar-refractivity contribution is 7.19. The Kier molecular flexibility index (Phi) is 4.49. The summed E-state index contributed by atoms with van der Waals surface area (Å²) < 4.78 is 11.0. The minimum atomic E-state index is -0.0584. The van der Waals surface area contributed by atoms with E-state index in [0.717, 1.165) is 11.3 Å². The minimum Gasteiger partial charge on any atom is -0.463 e. The quantitative estimate of drug-likeness (QED) is 0.500. The van der Waals surface area contributed by atoms with Crippen molar-refractivity contribution in [3.05, 3.63) is 59.2 Å². The largest absolute Gasteiger partial charge is 0.463 e. The van der Waals surface area contributed by atoms with Crippen LogP contribution in [0.1, 0.15) is 12.0 Å². The number of hydrogen-bond donors (Lipinski definition) is 1. The molecule has 0 bridgehead atoms. The number of aryl methyl sites for hydroxylation is 1. The molecule has 0 aliphatic carbocycles. The van der Waals surface area contributed by atoms with E-state index in [-0.39, 0.29) is 5.91 Å². The van der Waals surface area contributed by atoms with Gasteiger partial charge in [0.2, 0.25) is 5.91 Å². The van der Waals surface area contributed by atoms with E-state index < -0.39 is 0 Å². The van der Waals surface area contributed by atoms with E-state index in [1.54, 1.807) is 29.9 Å². The van der Waals surface area contributed by atoms with Crippen LogP contribution >= 0.6 is 22.7 Å². The molecule has 25 heavy (non-hydrogen) atoms. The second-order valence-corrected chi connectivity index (χ2v) is 7.11. The summed E-state index contributed by atoms with van der Waals surface area (Å²) in [4.78, 5) is 17.6. The van der Waals surface area contributed by atoms with E-state index in [9.17, 15) is 4.79 Å². The van der Waals surface area contributed by atoms with Gasteiger partial charge >= 0.3 is 0 Å². The summed E-state index contributed by atoms with van der Waals surface area (Å²) >= 11 is 3.01. The van der Waals surface area contributed by atoms with Gasteiger partial charge in [0.05, 0.1) is 12.5 Å². The molecule has 0 unspecified atom stereocenters. The van der Waals surface area contributed by atoms with Crippen molar-refractivity contribution in [3.63, 3.8) is 0 Å². The maximum absolute atomic E-state index is 12.2. The van der Waals surface area contributed by atoms with Gasteiger partial charge in [0.1, 0.15) is 16.3 Å². The van der Waals surface area contributed by atoms with Gasteiger partial charge < -0.3 is 14.2 Å². The van der Waals surface area contributed by atoms with Crippen LogP contribution in [-0.4, -0.2) is 10.9 Å². The zero-order valence-corrected chi connectivity index (χ0v) is 14.7. The molecule has 7 heteroatoms. The summed E-state index contributed by atoms with van der Waals surface area (Å²) in [6.45, 7) is 0. The van der Waals surface area contributed by atoms with Crippen molar-refractivity contribution in [1.29, 1.82) is 0 Å².